The molecule has 1 aliphatic heterocycles. The van der Waals surface area contributed by atoms with Crippen LogP contribution in [0.2, 0.25) is 0 Å². The van der Waals surface area contributed by atoms with Crippen LogP contribution in [0.3, 0.4) is 0 Å². The molecule has 0 amide bonds. The number of nitrogens with zero attached hydrogens (tertiary/aromatic N) is 1. The third-order valence-corrected chi connectivity index (χ3v) is 7.37. The van der Waals surface area contributed by atoms with Gasteiger partial charge in [0, 0.05) is 11.8 Å². The standard InChI is InChI=1S/C27H43NO5S.Na/c1-4-6-8-10-12-14-16-32-23-18-21(25-28-27(3,20-34-25)26(30)31)22(29)19-24(23)33-17-15-13-11-9-7-5-2;/h18-19,29H,4-17,20H2,1-3H3,(H,30,31);/q;+1/p-1/t27-;/m1./s1. The molecule has 1 N–H and O–H groups in total. The van der Waals surface area contributed by atoms with Crippen molar-refractivity contribution in [3.05, 3.63) is 17.7 Å². The summed E-state index contributed by atoms with van der Waals surface area (Å²) in [5.41, 5.74) is -0.821. The number of carboxylic acid groups (broad SMARTS) is 1. The molecule has 0 unspecified atom stereocenters. The fourth-order valence-electron chi connectivity index (χ4n) is 3.82. The Morgan fingerprint density at radius 3 is 1.91 bits per heavy atom. The number of aromatic hydroxyl groups is 1. The topological polar surface area (TPSA) is 91.2 Å². The molecule has 0 bridgehead atoms. The van der Waals surface area contributed by atoms with E-state index in [1.165, 1.54) is 70.1 Å². The first kappa shape index (κ1) is 32.1. The Labute approximate surface area is 237 Å². The molecular formula is C27H42NNaO5S. The molecule has 0 aromatic heterocycles. The average molecular weight is 516 g/mol. The van der Waals surface area contributed by atoms with Crippen molar-refractivity contribution in [3.8, 4) is 17.2 Å². The van der Waals surface area contributed by atoms with Crippen molar-refractivity contribution < 1.29 is 54.0 Å². The Hall–Kier alpha value is -0.890. The summed E-state index contributed by atoms with van der Waals surface area (Å²) in [5, 5.41) is 22.6. The number of aliphatic imine (C=N–C) groups is 1. The molecule has 1 heterocycles. The first-order valence-corrected chi connectivity index (χ1v) is 14.0. The first-order chi connectivity index (χ1) is 16.4. The summed E-state index contributed by atoms with van der Waals surface area (Å²) in [4.78, 5) is 15.8. The molecule has 6 nitrogen and oxygen atoms in total. The largest absolute Gasteiger partial charge is 1.00 e. The van der Waals surface area contributed by atoms with Crippen LogP contribution in [0.15, 0.2) is 17.1 Å². The summed E-state index contributed by atoms with van der Waals surface area (Å²) in [6.45, 7) is 7.09. The fourth-order valence-corrected chi connectivity index (χ4v) is 5.00. The van der Waals surface area contributed by atoms with Gasteiger partial charge in [0.15, 0.2) is 11.5 Å². The fraction of sp³-hybridized carbons (Fsp3) is 0.704. The van der Waals surface area contributed by atoms with Crippen molar-refractivity contribution in [1.29, 1.82) is 0 Å². The van der Waals surface area contributed by atoms with E-state index in [1.807, 2.05) is 0 Å². The molecule has 1 aromatic carbocycles. The van der Waals surface area contributed by atoms with Crippen molar-refractivity contribution in [2.24, 2.45) is 4.99 Å². The van der Waals surface area contributed by atoms with Crippen LogP contribution in [0.5, 0.6) is 17.2 Å². The number of hydrogen-bond acceptors (Lipinski definition) is 7. The molecule has 0 fully saturated rings. The van der Waals surface area contributed by atoms with Gasteiger partial charge >= 0.3 is 29.6 Å². The molecule has 192 valence electrons. The van der Waals surface area contributed by atoms with Crippen LogP contribution < -0.4 is 44.1 Å². The van der Waals surface area contributed by atoms with Crippen LogP contribution in [-0.2, 0) is 4.79 Å². The zero-order valence-electron chi connectivity index (χ0n) is 22.2. The normalized spacial score (nSPS) is 17.1. The number of unbranched alkanes of at least 4 members (excludes halogenated alkanes) is 10. The summed E-state index contributed by atoms with van der Waals surface area (Å²) >= 11 is 1.30. The Morgan fingerprint density at radius 1 is 0.943 bits per heavy atom. The molecular weight excluding hydrogens is 473 g/mol. The molecule has 0 radical (unpaired) electrons. The van der Waals surface area contributed by atoms with Gasteiger partial charge in [0.1, 0.15) is 16.3 Å². The van der Waals surface area contributed by atoms with E-state index < -0.39 is 11.5 Å². The molecule has 0 spiro atoms. The van der Waals surface area contributed by atoms with Gasteiger partial charge in [0.05, 0.1) is 24.7 Å². The minimum absolute atomic E-state index is 0. The second-order valence-corrected chi connectivity index (χ2v) is 10.3. The molecule has 2 rings (SSSR count). The predicted molar refractivity (Wildman–Crippen MR) is 138 cm³/mol. The molecule has 35 heavy (non-hydrogen) atoms. The van der Waals surface area contributed by atoms with Crippen LogP contribution in [0.25, 0.3) is 0 Å². The van der Waals surface area contributed by atoms with Crippen molar-refractivity contribution in [2.45, 2.75) is 103 Å². The third-order valence-electron chi connectivity index (χ3n) is 6.08. The van der Waals surface area contributed by atoms with E-state index in [1.54, 1.807) is 12.1 Å². The van der Waals surface area contributed by atoms with E-state index >= 15 is 0 Å². The van der Waals surface area contributed by atoms with Gasteiger partial charge in [-0.1, -0.05) is 78.1 Å². The molecule has 1 aliphatic rings. The van der Waals surface area contributed by atoms with Crippen LogP contribution in [0.1, 0.15) is 103 Å². The number of thioether (sulfide) groups is 1. The van der Waals surface area contributed by atoms with Crippen LogP contribution in [-0.4, -0.2) is 40.6 Å². The maximum Gasteiger partial charge on any atom is 1.00 e. The molecule has 0 saturated carbocycles. The Kier molecular flexibility index (Phi) is 16.1. The number of ether oxygens (including phenoxy) is 2. The van der Waals surface area contributed by atoms with Gasteiger partial charge in [-0.15, -0.1) is 11.8 Å². The van der Waals surface area contributed by atoms with E-state index in [9.17, 15) is 15.0 Å². The van der Waals surface area contributed by atoms with Crippen LogP contribution in [0.4, 0.5) is 0 Å². The number of benzene rings is 1. The Bertz CT molecular complexity index is 804. The number of aliphatic carboxylic acids is 1. The van der Waals surface area contributed by atoms with Gasteiger partial charge in [-0.25, -0.2) is 0 Å². The summed E-state index contributed by atoms with van der Waals surface area (Å²) in [5.74, 6) is 0.158. The van der Waals surface area contributed by atoms with Crippen molar-refractivity contribution >= 4 is 22.8 Å². The van der Waals surface area contributed by atoms with Gasteiger partial charge in [0.2, 0.25) is 0 Å². The first-order valence-electron chi connectivity index (χ1n) is 13.0. The molecule has 8 heteroatoms. The summed E-state index contributed by atoms with van der Waals surface area (Å²) < 4.78 is 12.1. The van der Waals surface area contributed by atoms with E-state index in [0.717, 1.165) is 25.7 Å². The summed E-state index contributed by atoms with van der Waals surface area (Å²) in [7, 11) is 0. The Morgan fingerprint density at radius 2 is 1.43 bits per heavy atom. The molecule has 0 aliphatic carbocycles. The quantitative estimate of drug-likeness (QED) is 0.239. The van der Waals surface area contributed by atoms with E-state index in [-0.39, 0.29) is 41.1 Å². The maximum absolute atomic E-state index is 11.5. The SMILES string of the molecule is CCCCCCCCOc1cc(O)c(C2=N[C@@](C)(C(=O)[O-])CS2)cc1OCCCCCCCC.[Na+]. The van der Waals surface area contributed by atoms with Gasteiger partial charge in [-0.05, 0) is 25.8 Å². The summed E-state index contributed by atoms with van der Waals surface area (Å²) in [6, 6.07) is 3.30. The van der Waals surface area contributed by atoms with Crippen molar-refractivity contribution in [3.63, 3.8) is 0 Å². The number of carbonyl (C=O) groups excluding carboxylic acids is 1. The van der Waals surface area contributed by atoms with Crippen LogP contribution in [0, 0.1) is 0 Å². The third kappa shape index (κ3) is 10.9. The minimum atomic E-state index is -1.29. The monoisotopic (exact) mass is 515 g/mol. The smallest absolute Gasteiger partial charge is 0.547 e. The minimum Gasteiger partial charge on any atom is -0.547 e. The van der Waals surface area contributed by atoms with Crippen LogP contribution >= 0.6 is 11.8 Å². The molecule has 1 aromatic rings. The summed E-state index contributed by atoms with van der Waals surface area (Å²) in [6.07, 6.45) is 14.0. The predicted octanol–water partition coefficient (Wildman–Crippen LogP) is 2.88. The van der Waals surface area contributed by atoms with E-state index in [2.05, 4.69) is 18.8 Å². The number of hydrogen-bond donors (Lipinski definition) is 1. The second-order valence-electron chi connectivity index (χ2n) is 9.32. The van der Waals surface area contributed by atoms with Gasteiger partial charge in [-0.3, -0.25) is 4.99 Å². The van der Waals surface area contributed by atoms with Gasteiger partial charge in [-0.2, -0.15) is 0 Å². The maximum atomic E-state index is 11.5. The second kappa shape index (κ2) is 17.5. The number of rotatable bonds is 18. The van der Waals surface area contributed by atoms with E-state index in [0.29, 0.717) is 35.3 Å². The van der Waals surface area contributed by atoms with Gasteiger partial charge < -0.3 is 24.5 Å². The molecule has 0 saturated heterocycles. The number of phenolic OH excluding ortho intramolecular Hbond substituents is 1. The zero-order valence-corrected chi connectivity index (χ0v) is 25.0. The number of phenols is 1. The van der Waals surface area contributed by atoms with Gasteiger partial charge in [0.25, 0.3) is 0 Å². The molecule has 1 atom stereocenters. The average Bonchev–Trinajstić information content (AvgIpc) is 3.22. The number of carboxylic acids is 1. The zero-order chi connectivity index (χ0) is 24.8. The van der Waals surface area contributed by atoms with Crippen molar-refractivity contribution in [1.82, 2.24) is 0 Å². The van der Waals surface area contributed by atoms with Crippen molar-refractivity contribution in [2.75, 3.05) is 19.0 Å². The van der Waals surface area contributed by atoms with E-state index in [4.69, 9.17) is 9.47 Å². The number of carbonyl (C=O) groups is 1. The Balaban J connectivity index is 0.00000612.